The van der Waals surface area contributed by atoms with Gasteiger partial charge in [0.15, 0.2) is 0 Å². The largest absolute Gasteiger partial charge is 0.497 e. The number of benzene rings is 3. The summed E-state index contributed by atoms with van der Waals surface area (Å²) in [6.07, 6.45) is 1.45. The lowest BCUT2D eigenvalue weighted by Gasteiger charge is -2.42. The predicted octanol–water partition coefficient (Wildman–Crippen LogP) is 5.51. The van der Waals surface area contributed by atoms with Crippen molar-refractivity contribution in [3.63, 3.8) is 0 Å². The maximum atomic E-state index is 15.2. The van der Waals surface area contributed by atoms with E-state index >= 15 is 4.79 Å². The lowest BCUT2D eigenvalue weighted by Crippen LogP contribution is -2.55. The Morgan fingerprint density at radius 2 is 1.42 bits per heavy atom. The Morgan fingerprint density at radius 1 is 0.808 bits per heavy atom. The van der Waals surface area contributed by atoms with Crippen LogP contribution >= 0.6 is 24.8 Å². The third kappa shape index (κ3) is 7.25. The fourth-order valence-electron chi connectivity index (χ4n) is 7.35. The molecule has 0 spiro atoms. The van der Waals surface area contributed by atoms with Crippen molar-refractivity contribution in [3.8, 4) is 17.2 Å². The van der Waals surface area contributed by atoms with E-state index in [-0.39, 0.29) is 52.6 Å². The number of fused-ring (bicyclic) bond motifs is 1. The Kier molecular flexibility index (Phi) is 13.0. The number of likely N-dealkylation sites (tertiary alicyclic amines) is 1. The molecule has 2 saturated heterocycles. The highest BCUT2D eigenvalue weighted by atomic mass is 35.5. The van der Waals surface area contributed by atoms with Crippen LogP contribution in [0.3, 0.4) is 0 Å². The third-order valence-electron chi connectivity index (χ3n) is 10.2. The van der Waals surface area contributed by atoms with Crippen LogP contribution < -0.4 is 18.5 Å². The zero-order valence-electron chi connectivity index (χ0n) is 30.4. The van der Waals surface area contributed by atoms with Gasteiger partial charge in [-0.25, -0.2) is 13.2 Å². The summed E-state index contributed by atoms with van der Waals surface area (Å²) in [5.74, 6) is -0.304. The van der Waals surface area contributed by atoms with Gasteiger partial charge in [0.05, 0.1) is 27.0 Å². The van der Waals surface area contributed by atoms with Crippen LogP contribution in [-0.4, -0.2) is 109 Å². The smallest absolute Gasteiger partial charge is 0.411 e. The summed E-state index contributed by atoms with van der Waals surface area (Å²) in [6.45, 7) is 8.20. The number of amides is 2. The van der Waals surface area contributed by atoms with Crippen LogP contribution in [0.5, 0.6) is 17.2 Å². The average molecular weight is 780 g/mol. The van der Waals surface area contributed by atoms with E-state index in [1.54, 1.807) is 29.2 Å². The lowest BCUT2D eigenvalue weighted by molar-refractivity contribution is -0.132. The molecule has 2 fully saturated rings. The Balaban J connectivity index is 0.00000302. The number of methoxy groups -OCH3 is 3. The fraction of sp³-hybridized carbons (Fsp3) is 0.459. The molecule has 2 amide bonds. The number of anilines is 1. The Morgan fingerprint density at radius 3 is 2.04 bits per heavy atom. The number of carbonyl (C=O) groups excluding carboxylic acids is 2. The summed E-state index contributed by atoms with van der Waals surface area (Å²) in [5.41, 5.74) is -0.806. The van der Waals surface area contributed by atoms with Crippen LogP contribution in [0.2, 0.25) is 0 Å². The highest BCUT2D eigenvalue weighted by Gasteiger charge is 2.61. The van der Waals surface area contributed by atoms with Gasteiger partial charge in [-0.05, 0) is 74.8 Å². The van der Waals surface area contributed by atoms with Gasteiger partial charge in [0.2, 0.25) is 5.60 Å². The van der Waals surface area contributed by atoms with Gasteiger partial charge in [0.1, 0.15) is 22.1 Å². The van der Waals surface area contributed by atoms with Crippen molar-refractivity contribution in [2.45, 2.75) is 49.1 Å². The average Bonchev–Trinajstić information content (AvgIpc) is 3.38. The van der Waals surface area contributed by atoms with Crippen molar-refractivity contribution < 1.29 is 37.0 Å². The second-order valence-corrected chi connectivity index (χ2v) is 15.1. The topological polar surface area (TPSA) is 118 Å². The number of carbonyl (C=O) groups is 2. The van der Waals surface area contributed by atoms with Crippen LogP contribution in [0.4, 0.5) is 10.5 Å². The van der Waals surface area contributed by atoms with Gasteiger partial charge in [-0.3, -0.25) is 9.69 Å². The maximum Gasteiger partial charge on any atom is 0.411 e. The van der Waals surface area contributed by atoms with Crippen molar-refractivity contribution in [1.29, 1.82) is 0 Å². The molecule has 3 aliphatic heterocycles. The Bertz CT molecular complexity index is 1860. The Hall–Kier alpha value is -3.75. The molecule has 1 atom stereocenters. The first-order chi connectivity index (χ1) is 24.0. The molecule has 0 radical (unpaired) electrons. The molecular weight excluding hydrogens is 731 g/mol. The molecule has 3 aromatic rings. The molecule has 1 unspecified atom stereocenters. The molecule has 284 valence electrons. The molecule has 0 bridgehead atoms. The summed E-state index contributed by atoms with van der Waals surface area (Å²) in [6, 6.07) is 16.6. The van der Waals surface area contributed by atoms with Gasteiger partial charge >= 0.3 is 6.09 Å². The number of piperazine rings is 1. The van der Waals surface area contributed by atoms with Gasteiger partial charge < -0.3 is 28.7 Å². The molecule has 6 rings (SSSR count). The molecule has 3 aromatic carbocycles. The van der Waals surface area contributed by atoms with Gasteiger partial charge in [0, 0.05) is 49.4 Å². The molecule has 0 N–H and O–H groups in total. The molecule has 3 aliphatic rings. The van der Waals surface area contributed by atoms with E-state index in [1.807, 2.05) is 26.0 Å². The van der Waals surface area contributed by atoms with Crippen molar-refractivity contribution in [3.05, 3.63) is 77.4 Å². The number of ether oxygens (including phenoxy) is 4. The molecular formula is C37H48Cl2N4O8S. The first-order valence-corrected chi connectivity index (χ1v) is 18.4. The van der Waals surface area contributed by atoms with Crippen LogP contribution in [0.25, 0.3) is 0 Å². The van der Waals surface area contributed by atoms with E-state index < -0.39 is 27.6 Å². The van der Waals surface area contributed by atoms with Crippen molar-refractivity contribution in [2.75, 3.05) is 72.0 Å². The minimum atomic E-state index is -4.64. The summed E-state index contributed by atoms with van der Waals surface area (Å²) >= 11 is 0. The Labute approximate surface area is 318 Å². The second kappa shape index (κ2) is 16.5. The first kappa shape index (κ1) is 41.0. The van der Waals surface area contributed by atoms with Crippen LogP contribution in [0.15, 0.2) is 65.6 Å². The number of rotatable bonds is 9. The zero-order chi connectivity index (χ0) is 35.8. The molecule has 3 heterocycles. The SMILES string of the molecule is COc1ccc(S(=O)(=O)N2C(=O)C(OC(=O)N3CCN(C4CCN(C)CC4)CC3)(c3ccccc3C(C)C)c3cc(OC)ccc32)c(OC)c1.Cl.Cl. The molecule has 12 nitrogen and oxygen atoms in total. The van der Waals surface area contributed by atoms with E-state index in [9.17, 15) is 13.2 Å². The molecule has 0 aliphatic carbocycles. The van der Waals surface area contributed by atoms with E-state index in [2.05, 4.69) is 16.8 Å². The number of hydrogen-bond acceptors (Lipinski definition) is 10. The summed E-state index contributed by atoms with van der Waals surface area (Å²) in [5, 5.41) is 0. The van der Waals surface area contributed by atoms with Gasteiger partial charge in [0.25, 0.3) is 15.9 Å². The fourth-order valence-corrected chi connectivity index (χ4v) is 8.95. The number of nitrogens with zero attached hydrogens (tertiary/aromatic N) is 4. The van der Waals surface area contributed by atoms with Crippen LogP contribution in [0, 0.1) is 0 Å². The minimum absolute atomic E-state index is 0. The number of sulfonamides is 1. The van der Waals surface area contributed by atoms with Gasteiger partial charge in [-0.2, -0.15) is 4.31 Å². The van der Waals surface area contributed by atoms with Gasteiger partial charge in [-0.15, -0.1) is 24.8 Å². The van der Waals surface area contributed by atoms with Crippen LogP contribution in [0.1, 0.15) is 49.3 Å². The predicted molar refractivity (Wildman–Crippen MR) is 203 cm³/mol. The molecule has 15 heteroatoms. The van der Waals surface area contributed by atoms with E-state index in [4.69, 9.17) is 18.9 Å². The van der Waals surface area contributed by atoms with Crippen molar-refractivity contribution >= 4 is 52.5 Å². The lowest BCUT2D eigenvalue weighted by atomic mass is 9.81. The zero-order valence-corrected chi connectivity index (χ0v) is 32.8. The summed E-state index contributed by atoms with van der Waals surface area (Å²) < 4.78 is 52.9. The monoisotopic (exact) mass is 778 g/mol. The quantitative estimate of drug-likeness (QED) is 0.276. The molecule has 0 saturated carbocycles. The minimum Gasteiger partial charge on any atom is -0.497 e. The number of halogens is 2. The third-order valence-corrected chi connectivity index (χ3v) is 11.9. The van der Waals surface area contributed by atoms with E-state index in [0.29, 0.717) is 49.3 Å². The van der Waals surface area contributed by atoms with E-state index in [1.165, 1.54) is 45.6 Å². The highest BCUT2D eigenvalue weighted by Crippen LogP contribution is 2.52. The molecule has 52 heavy (non-hydrogen) atoms. The standard InChI is InChI=1S/C37H46N4O8S.2ClH/c1-25(2)29-9-7-8-10-30(29)37(49-36(43)40-21-19-39(20-22-40)26-15-17-38(3)18-16-26)31-23-27(46-4)11-13-32(31)41(35(37)42)50(44,45)34-14-12-28(47-5)24-33(34)48-6;;/h7-14,23-26H,15-22H2,1-6H3;2*1H. The van der Waals surface area contributed by atoms with E-state index in [0.717, 1.165) is 35.8 Å². The molecule has 0 aromatic heterocycles. The first-order valence-electron chi connectivity index (χ1n) is 17.0. The summed E-state index contributed by atoms with van der Waals surface area (Å²) in [4.78, 5) is 35.7. The maximum absolute atomic E-state index is 15.2. The van der Waals surface area contributed by atoms with Crippen molar-refractivity contribution in [1.82, 2.24) is 14.7 Å². The van der Waals surface area contributed by atoms with Crippen LogP contribution in [-0.2, 0) is 25.2 Å². The normalized spacial score (nSPS) is 19.8. The summed E-state index contributed by atoms with van der Waals surface area (Å²) in [7, 11) is 1.78. The number of piperidine rings is 1. The van der Waals surface area contributed by atoms with Crippen molar-refractivity contribution in [2.24, 2.45) is 0 Å². The number of hydrogen-bond donors (Lipinski definition) is 0. The van der Waals surface area contributed by atoms with Gasteiger partial charge in [-0.1, -0.05) is 38.1 Å². The second-order valence-electron chi connectivity index (χ2n) is 13.3. The highest BCUT2D eigenvalue weighted by molar-refractivity contribution is 7.93.